The maximum Gasteiger partial charge on any atom is 0.325 e. The maximum absolute atomic E-state index is 12.2. The molecule has 33 heavy (non-hydrogen) atoms. The quantitative estimate of drug-likeness (QED) is 0.145. The van der Waals surface area contributed by atoms with Gasteiger partial charge in [0.15, 0.2) is 12.5 Å². The van der Waals surface area contributed by atoms with E-state index in [0.717, 1.165) is 31.2 Å². The number of rotatable bonds is 17. The minimum absolute atomic E-state index is 0.0463. The van der Waals surface area contributed by atoms with Crippen LogP contribution >= 0.6 is 0 Å². The second-order valence-corrected chi connectivity index (χ2v) is 8.55. The van der Waals surface area contributed by atoms with Crippen LogP contribution in [0.25, 0.3) is 11.3 Å². The number of carbonyl (C=O) groups excluding carboxylic acids is 1. The van der Waals surface area contributed by atoms with Crippen molar-refractivity contribution in [3.05, 3.63) is 36.5 Å². The Bertz CT molecular complexity index is 798. The van der Waals surface area contributed by atoms with Crippen LogP contribution in [0.15, 0.2) is 36.5 Å². The van der Waals surface area contributed by atoms with Crippen molar-refractivity contribution in [3.63, 3.8) is 0 Å². The molecule has 0 fully saturated rings. The third-order valence-corrected chi connectivity index (χ3v) is 5.70. The summed E-state index contributed by atoms with van der Waals surface area (Å²) in [6.45, 7) is 7.43. The molecule has 2 aromatic rings. The molecular formula is C27H40N2O4. The van der Waals surface area contributed by atoms with Gasteiger partial charge in [0.1, 0.15) is 5.69 Å². The van der Waals surface area contributed by atoms with Crippen molar-refractivity contribution >= 4 is 5.97 Å². The standard InChI is InChI=1S/C27H40N2O4/c1-4-6-7-8-14-19-31-21-32-24-20-28-27(29-26(24)23-16-10-9-11-17-23)33-25(30)18-13-12-15-22(3)5-2/h9-11,16-17,20,22H,4-8,12-15,18-19,21H2,1-3H3. The molecule has 0 saturated carbocycles. The Morgan fingerprint density at radius 2 is 1.79 bits per heavy atom. The molecule has 6 heteroatoms. The number of unbranched alkanes of at least 4 members (excludes halogenated alkanes) is 5. The second kappa shape index (κ2) is 16.2. The summed E-state index contributed by atoms with van der Waals surface area (Å²) in [5.41, 5.74) is 1.44. The molecule has 0 radical (unpaired) electrons. The van der Waals surface area contributed by atoms with Gasteiger partial charge in [-0.05, 0) is 18.8 Å². The summed E-state index contributed by atoms with van der Waals surface area (Å²) >= 11 is 0. The Hall–Kier alpha value is -2.47. The molecule has 1 unspecified atom stereocenters. The molecule has 1 aromatic heterocycles. The molecule has 0 bridgehead atoms. The number of ether oxygens (including phenoxy) is 3. The van der Waals surface area contributed by atoms with E-state index in [1.807, 2.05) is 30.3 Å². The van der Waals surface area contributed by atoms with Gasteiger partial charge in [0.05, 0.1) is 12.8 Å². The molecule has 1 aromatic carbocycles. The van der Waals surface area contributed by atoms with Gasteiger partial charge in [0.25, 0.3) is 0 Å². The van der Waals surface area contributed by atoms with Crippen LogP contribution < -0.4 is 9.47 Å². The van der Waals surface area contributed by atoms with E-state index in [1.54, 1.807) is 6.20 Å². The van der Waals surface area contributed by atoms with E-state index < -0.39 is 0 Å². The highest BCUT2D eigenvalue weighted by Gasteiger charge is 2.14. The summed E-state index contributed by atoms with van der Waals surface area (Å²) in [4.78, 5) is 20.9. The first-order valence-electron chi connectivity index (χ1n) is 12.5. The first kappa shape index (κ1) is 26.8. The molecule has 6 nitrogen and oxygen atoms in total. The van der Waals surface area contributed by atoms with Gasteiger partial charge in [-0.1, -0.05) is 96.0 Å². The number of nitrogens with zero attached hydrogens (tertiary/aromatic N) is 2. The highest BCUT2D eigenvalue weighted by molar-refractivity contribution is 5.72. The van der Waals surface area contributed by atoms with E-state index in [0.29, 0.717) is 30.4 Å². The lowest BCUT2D eigenvalue weighted by Crippen LogP contribution is -2.11. The Labute approximate surface area is 199 Å². The van der Waals surface area contributed by atoms with E-state index in [1.165, 1.54) is 32.1 Å². The zero-order valence-electron chi connectivity index (χ0n) is 20.6. The number of carbonyl (C=O) groups is 1. The predicted molar refractivity (Wildman–Crippen MR) is 131 cm³/mol. The Morgan fingerprint density at radius 1 is 1.00 bits per heavy atom. The van der Waals surface area contributed by atoms with Gasteiger partial charge in [-0.15, -0.1) is 0 Å². The van der Waals surface area contributed by atoms with Gasteiger partial charge < -0.3 is 14.2 Å². The molecule has 0 aliphatic rings. The fourth-order valence-corrected chi connectivity index (χ4v) is 3.40. The Morgan fingerprint density at radius 3 is 2.55 bits per heavy atom. The molecule has 0 aliphatic carbocycles. The minimum atomic E-state index is -0.307. The molecule has 1 atom stereocenters. The largest absolute Gasteiger partial charge is 0.464 e. The van der Waals surface area contributed by atoms with E-state index in [-0.39, 0.29) is 18.8 Å². The van der Waals surface area contributed by atoms with Crippen molar-refractivity contribution in [2.24, 2.45) is 5.92 Å². The van der Waals surface area contributed by atoms with Crippen molar-refractivity contribution in [1.29, 1.82) is 0 Å². The fraction of sp³-hybridized carbons (Fsp3) is 0.593. The van der Waals surface area contributed by atoms with Crippen molar-refractivity contribution in [2.45, 2.75) is 85.0 Å². The topological polar surface area (TPSA) is 70.5 Å². The molecule has 0 spiro atoms. The van der Waals surface area contributed by atoms with Crippen LogP contribution in [0.4, 0.5) is 0 Å². The van der Waals surface area contributed by atoms with Crippen LogP contribution in [-0.2, 0) is 9.53 Å². The van der Waals surface area contributed by atoms with Crippen molar-refractivity contribution < 1.29 is 19.0 Å². The van der Waals surface area contributed by atoms with E-state index in [4.69, 9.17) is 14.2 Å². The number of benzene rings is 1. The van der Waals surface area contributed by atoms with Gasteiger partial charge in [0.2, 0.25) is 0 Å². The molecule has 0 amide bonds. The highest BCUT2D eigenvalue weighted by atomic mass is 16.7. The summed E-state index contributed by atoms with van der Waals surface area (Å²) in [6.07, 6.45) is 12.0. The summed E-state index contributed by atoms with van der Waals surface area (Å²) in [5.74, 6) is 0.883. The van der Waals surface area contributed by atoms with Gasteiger partial charge in [-0.3, -0.25) is 4.79 Å². The number of hydrogen-bond acceptors (Lipinski definition) is 6. The summed E-state index contributed by atoms with van der Waals surface area (Å²) in [7, 11) is 0. The average molecular weight is 457 g/mol. The minimum Gasteiger partial charge on any atom is -0.464 e. The zero-order valence-corrected chi connectivity index (χ0v) is 20.6. The van der Waals surface area contributed by atoms with Crippen LogP contribution in [0, 0.1) is 5.92 Å². The van der Waals surface area contributed by atoms with Crippen LogP contribution in [-0.4, -0.2) is 29.3 Å². The molecule has 0 aliphatic heterocycles. The van der Waals surface area contributed by atoms with Crippen LogP contribution in [0.3, 0.4) is 0 Å². The average Bonchev–Trinajstić information content (AvgIpc) is 2.84. The first-order chi connectivity index (χ1) is 16.1. The fourth-order valence-electron chi connectivity index (χ4n) is 3.40. The van der Waals surface area contributed by atoms with Crippen molar-refractivity contribution in [1.82, 2.24) is 9.97 Å². The number of hydrogen-bond donors (Lipinski definition) is 0. The maximum atomic E-state index is 12.2. The number of esters is 1. The smallest absolute Gasteiger partial charge is 0.325 e. The highest BCUT2D eigenvalue weighted by Crippen LogP contribution is 2.29. The van der Waals surface area contributed by atoms with E-state index >= 15 is 0 Å². The van der Waals surface area contributed by atoms with Crippen LogP contribution in [0.5, 0.6) is 11.8 Å². The second-order valence-electron chi connectivity index (χ2n) is 8.55. The third kappa shape index (κ3) is 10.8. The molecule has 0 N–H and O–H groups in total. The van der Waals surface area contributed by atoms with E-state index in [2.05, 4.69) is 30.7 Å². The monoisotopic (exact) mass is 456 g/mol. The predicted octanol–water partition coefficient (Wildman–Crippen LogP) is 6.98. The molecular weight excluding hydrogens is 416 g/mol. The normalized spacial score (nSPS) is 11.8. The lowest BCUT2D eigenvalue weighted by atomic mass is 10.0. The summed E-state index contributed by atoms with van der Waals surface area (Å²) in [5, 5.41) is 0. The van der Waals surface area contributed by atoms with Crippen LogP contribution in [0.2, 0.25) is 0 Å². The van der Waals surface area contributed by atoms with Crippen LogP contribution in [0.1, 0.15) is 85.0 Å². The van der Waals surface area contributed by atoms with Crippen molar-refractivity contribution in [2.75, 3.05) is 13.4 Å². The molecule has 1 heterocycles. The van der Waals surface area contributed by atoms with Crippen molar-refractivity contribution in [3.8, 4) is 23.0 Å². The third-order valence-electron chi connectivity index (χ3n) is 5.70. The molecule has 0 saturated heterocycles. The lowest BCUT2D eigenvalue weighted by Gasteiger charge is -2.12. The SMILES string of the molecule is CCCCCCCOCOc1cnc(OC(=O)CCCCC(C)CC)nc1-c1ccccc1. The Balaban J connectivity index is 1.90. The Kier molecular flexibility index (Phi) is 13.1. The van der Waals surface area contributed by atoms with Gasteiger partial charge >= 0.3 is 12.0 Å². The lowest BCUT2D eigenvalue weighted by molar-refractivity contribution is -0.135. The van der Waals surface area contributed by atoms with Gasteiger partial charge in [0, 0.05) is 12.0 Å². The molecule has 2 rings (SSSR count). The zero-order chi connectivity index (χ0) is 23.7. The number of aromatic nitrogens is 2. The van der Waals surface area contributed by atoms with E-state index in [9.17, 15) is 4.79 Å². The summed E-state index contributed by atoms with van der Waals surface area (Å²) in [6, 6.07) is 9.71. The van der Waals surface area contributed by atoms with Gasteiger partial charge in [-0.25, -0.2) is 0 Å². The summed E-state index contributed by atoms with van der Waals surface area (Å²) < 4.78 is 16.8. The molecule has 182 valence electrons. The van der Waals surface area contributed by atoms with Gasteiger partial charge in [-0.2, -0.15) is 9.97 Å². The first-order valence-corrected chi connectivity index (χ1v) is 12.5.